The molecule has 0 aliphatic heterocycles. The largest absolute Gasteiger partial charge is 0.494 e. The number of amides is 1. The standard InChI is InChI=1S/C22H22N2O4S/c1-3-28-19-10-8-16(9-11-19)21-24-18(14-29-21)12-20(25)23-13-15-4-6-17(7-5-15)22(26)27-2/h4-11,14H,3,12-13H2,1-2H3,(H,23,25). The second-order valence-corrected chi connectivity index (χ2v) is 7.10. The third-order valence-corrected chi connectivity index (χ3v) is 5.11. The molecule has 3 aromatic rings. The lowest BCUT2D eigenvalue weighted by atomic mass is 10.1. The van der Waals surface area contributed by atoms with Gasteiger partial charge in [0.15, 0.2) is 0 Å². The van der Waals surface area contributed by atoms with Crippen molar-refractivity contribution in [3.8, 4) is 16.3 Å². The van der Waals surface area contributed by atoms with E-state index in [1.165, 1.54) is 18.4 Å². The SMILES string of the molecule is CCOc1ccc(-c2nc(CC(=O)NCc3ccc(C(=O)OC)cc3)cs2)cc1. The number of aromatic nitrogens is 1. The molecule has 1 N–H and O–H groups in total. The molecule has 1 heterocycles. The number of thiazole rings is 1. The molecule has 0 unspecified atom stereocenters. The molecular weight excluding hydrogens is 388 g/mol. The minimum absolute atomic E-state index is 0.106. The van der Waals surface area contributed by atoms with Gasteiger partial charge in [-0.3, -0.25) is 4.79 Å². The van der Waals surface area contributed by atoms with Crippen molar-refractivity contribution in [2.75, 3.05) is 13.7 Å². The maximum absolute atomic E-state index is 12.2. The van der Waals surface area contributed by atoms with Crippen LogP contribution in [-0.2, 0) is 22.5 Å². The maximum atomic E-state index is 12.2. The van der Waals surface area contributed by atoms with E-state index >= 15 is 0 Å². The second kappa shape index (κ2) is 9.84. The van der Waals surface area contributed by atoms with Gasteiger partial charge in [-0.25, -0.2) is 9.78 Å². The highest BCUT2D eigenvalue weighted by atomic mass is 32.1. The van der Waals surface area contributed by atoms with Gasteiger partial charge in [0.1, 0.15) is 10.8 Å². The number of benzene rings is 2. The highest BCUT2D eigenvalue weighted by molar-refractivity contribution is 7.13. The average molecular weight is 410 g/mol. The minimum atomic E-state index is -0.382. The van der Waals surface area contributed by atoms with E-state index in [-0.39, 0.29) is 18.3 Å². The zero-order chi connectivity index (χ0) is 20.6. The molecule has 7 heteroatoms. The van der Waals surface area contributed by atoms with Crippen LogP contribution < -0.4 is 10.1 Å². The number of methoxy groups -OCH3 is 1. The molecule has 0 radical (unpaired) electrons. The fourth-order valence-corrected chi connectivity index (χ4v) is 3.51. The van der Waals surface area contributed by atoms with Gasteiger partial charge in [0.25, 0.3) is 0 Å². The summed E-state index contributed by atoms with van der Waals surface area (Å²) in [6, 6.07) is 14.7. The van der Waals surface area contributed by atoms with Crippen LogP contribution in [0.25, 0.3) is 10.6 Å². The number of nitrogens with zero attached hydrogens (tertiary/aromatic N) is 1. The van der Waals surface area contributed by atoms with Gasteiger partial charge in [-0.1, -0.05) is 12.1 Å². The first-order valence-electron chi connectivity index (χ1n) is 9.20. The number of nitrogens with one attached hydrogen (secondary N) is 1. The average Bonchev–Trinajstić information content (AvgIpc) is 3.21. The molecule has 1 aromatic heterocycles. The molecule has 150 valence electrons. The van der Waals surface area contributed by atoms with Crippen molar-refractivity contribution in [3.63, 3.8) is 0 Å². The monoisotopic (exact) mass is 410 g/mol. The van der Waals surface area contributed by atoms with E-state index in [1.54, 1.807) is 24.3 Å². The number of esters is 1. The molecule has 3 rings (SSSR count). The van der Waals surface area contributed by atoms with Crippen molar-refractivity contribution in [1.29, 1.82) is 0 Å². The highest BCUT2D eigenvalue weighted by Crippen LogP contribution is 2.26. The predicted molar refractivity (Wildman–Crippen MR) is 112 cm³/mol. The summed E-state index contributed by atoms with van der Waals surface area (Å²) in [5, 5.41) is 5.64. The number of carbonyl (C=O) groups is 2. The van der Waals surface area contributed by atoms with Crippen LogP contribution in [0.3, 0.4) is 0 Å². The Kier molecular flexibility index (Phi) is 6.97. The Morgan fingerprint density at radius 2 is 1.79 bits per heavy atom. The van der Waals surface area contributed by atoms with Crippen LogP contribution in [-0.4, -0.2) is 30.6 Å². The quantitative estimate of drug-likeness (QED) is 0.571. The van der Waals surface area contributed by atoms with Gasteiger partial charge in [0, 0.05) is 17.5 Å². The lowest BCUT2D eigenvalue weighted by Gasteiger charge is -2.05. The molecule has 6 nitrogen and oxygen atoms in total. The van der Waals surface area contributed by atoms with Crippen LogP contribution in [0.1, 0.15) is 28.5 Å². The number of hydrogen-bond acceptors (Lipinski definition) is 6. The Bertz CT molecular complexity index is 965. The summed E-state index contributed by atoms with van der Waals surface area (Å²) in [4.78, 5) is 28.2. The van der Waals surface area contributed by atoms with Crippen LogP contribution in [0.5, 0.6) is 5.75 Å². The third-order valence-electron chi connectivity index (χ3n) is 4.17. The molecular formula is C22H22N2O4S. The van der Waals surface area contributed by atoms with Crippen LogP contribution in [0, 0.1) is 0 Å². The van der Waals surface area contributed by atoms with Crippen LogP contribution >= 0.6 is 11.3 Å². The molecule has 0 saturated heterocycles. The summed E-state index contributed by atoms with van der Waals surface area (Å²) in [6.07, 6.45) is 0.216. The van der Waals surface area contributed by atoms with Crippen molar-refractivity contribution < 1.29 is 19.1 Å². The summed E-state index contributed by atoms with van der Waals surface area (Å²) in [5.41, 5.74) is 3.11. The molecule has 1 amide bonds. The molecule has 0 aliphatic rings. The summed E-state index contributed by atoms with van der Waals surface area (Å²) in [5.74, 6) is 0.338. The van der Waals surface area contributed by atoms with Crippen LogP contribution in [0.2, 0.25) is 0 Å². The summed E-state index contributed by atoms with van der Waals surface area (Å²) in [7, 11) is 1.34. The molecule has 2 aromatic carbocycles. The van der Waals surface area contributed by atoms with E-state index in [1.807, 2.05) is 36.6 Å². The van der Waals surface area contributed by atoms with Gasteiger partial charge in [-0.2, -0.15) is 0 Å². The van der Waals surface area contributed by atoms with Gasteiger partial charge in [-0.05, 0) is 48.9 Å². The van der Waals surface area contributed by atoms with Crippen molar-refractivity contribution in [1.82, 2.24) is 10.3 Å². The first kappa shape index (κ1) is 20.5. The summed E-state index contributed by atoms with van der Waals surface area (Å²) >= 11 is 1.51. The highest BCUT2D eigenvalue weighted by Gasteiger charge is 2.10. The Labute approximate surface area is 173 Å². The van der Waals surface area contributed by atoms with E-state index in [4.69, 9.17) is 4.74 Å². The first-order chi connectivity index (χ1) is 14.1. The zero-order valence-electron chi connectivity index (χ0n) is 16.3. The molecule has 29 heavy (non-hydrogen) atoms. The minimum Gasteiger partial charge on any atom is -0.494 e. The van der Waals surface area contributed by atoms with Crippen molar-refractivity contribution in [2.24, 2.45) is 0 Å². The molecule has 0 spiro atoms. The Morgan fingerprint density at radius 1 is 1.07 bits per heavy atom. The number of ether oxygens (including phenoxy) is 2. The van der Waals surface area contributed by atoms with E-state index < -0.39 is 0 Å². The molecule has 0 saturated carbocycles. The molecule has 0 aliphatic carbocycles. The number of hydrogen-bond donors (Lipinski definition) is 1. The Morgan fingerprint density at radius 3 is 2.45 bits per heavy atom. The maximum Gasteiger partial charge on any atom is 0.337 e. The topological polar surface area (TPSA) is 77.5 Å². The fourth-order valence-electron chi connectivity index (χ4n) is 2.69. The lowest BCUT2D eigenvalue weighted by molar-refractivity contribution is -0.120. The second-order valence-electron chi connectivity index (χ2n) is 6.24. The third kappa shape index (κ3) is 5.65. The fraction of sp³-hybridized carbons (Fsp3) is 0.227. The first-order valence-corrected chi connectivity index (χ1v) is 10.1. The van der Waals surface area contributed by atoms with Gasteiger partial charge in [0.05, 0.1) is 31.4 Å². The summed E-state index contributed by atoms with van der Waals surface area (Å²) in [6.45, 7) is 2.96. The predicted octanol–water partition coefficient (Wildman–Crippen LogP) is 3.85. The van der Waals surface area contributed by atoms with Crippen molar-refractivity contribution >= 4 is 23.2 Å². The van der Waals surface area contributed by atoms with Gasteiger partial charge in [0.2, 0.25) is 5.91 Å². The Hall–Kier alpha value is -3.19. The van der Waals surface area contributed by atoms with Gasteiger partial charge < -0.3 is 14.8 Å². The molecule has 0 fully saturated rings. The Balaban J connectivity index is 1.53. The van der Waals surface area contributed by atoms with E-state index in [9.17, 15) is 9.59 Å². The lowest BCUT2D eigenvalue weighted by Crippen LogP contribution is -2.24. The van der Waals surface area contributed by atoms with Crippen molar-refractivity contribution in [2.45, 2.75) is 19.9 Å². The number of carbonyl (C=O) groups excluding carboxylic acids is 2. The van der Waals surface area contributed by atoms with Gasteiger partial charge >= 0.3 is 5.97 Å². The molecule has 0 atom stereocenters. The normalized spacial score (nSPS) is 10.4. The molecule has 0 bridgehead atoms. The van der Waals surface area contributed by atoms with E-state index in [2.05, 4.69) is 15.0 Å². The number of rotatable bonds is 8. The van der Waals surface area contributed by atoms with Crippen LogP contribution in [0.15, 0.2) is 53.9 Å². The van der Waals surface area contributed by atoms with E-state index in [0.29, 0.717) is 18.7 Å². The van der Waals surface area contributed by atoms with Crippen LogP contribution in [0.4, 0.5) is 0 Å². The van der Waals surface area contributed by atoms with Gasteiger partial charge in [-0.15, -0.1) is 11.3 Å². The van der Waals surface area contributed by atoms with Crippen molar-refractivity contribution in [3.05, 3.63) is 70.7 Å². The smallest absolute Gasteiger partial charge is 0.337 e. The summed E-state index contributed by atoms with van der Waals surface area (Å²) < 4.78 is 10.1. The van der Waals surface area contributed by atoms with E-state index in [0.717, 1.165) is 27.6 Å². The zero-order valence-corrected chi connectivity index (χ0v) is 17.1.